The first kappa shape index (κ1) is 13.3. The summed E-state index contributed by atoms with van der Waals surface area (Å²) < 4.78 is 0. The number of thiocarbonyl (C=S) groups is 1. The molecule has 0 radical (unpaired) electrons. The highest BCUT2D eigenvalue weighted by Crippen LogP contribution is 2.15. The summed E-state index contributed by atoms with van der Waals surface area (Å²) in [5, 5.41) is 4.31. The van der Waals surface area contributed by atoms with Crippen LogP contribution in [0.5, 0.6) is 0 Å². The van der Waals surface area contributed by atoms with Crippen molar-refractivity contribution in [1.29, 1.82) is 0 Å². The van der Waals surface area contributed by atoms with Gasteiger partial charge in [-0.05, 0) is 23.8 Å². The Hall–Kier alpha value is -0.800. The largest absolute Gasteiger partial charge is 0.383 e. The van der Waals surface area contributed by atoms with Crippen LogP contribution in [0, 0.1) is 0 Å². The smallest absolute Gasteiger partial charge is 0.0693 e. The third kappa shape index (κ3) is 4.37. The molecular weight excluding hydrogens is 234 g/mol. The molecule has 0 aliphatic carbocycles. The lowest BCUT2D eigenvalue weighted by Gasteiger charge is -2.06. The highest BCUT2D eigenvalue weighted by Gasteiger charge is 2.00. The predicted octanol–water partition coefficient (Wildman–Crippen LogP) is 3.61. The monoisotopic (exact) mass is 251 g/mol. The second kappa shape index (κ2) is 7.47. The fraction of sp³-hybridized carbons (Fsp3) is 0.308. The maximum absolute atomic E-state index is 5.38. The minimum atomic E-state index is 0.883. The van der Waals surface area contributed by atoms with Gasteiger partial charge in [-0.1, -0.05) is 49.5 Å². The van der Waals surface area contributed by atoms with Gasteiger partial charge in [-0.2, -0.15) is 0 Å². The number of thioether (sulfide) groups is 1. The molecule has 0 unspecified atom stereocenters. The average molecular weight is 251 g/mol. The van der Waals surface area contributed by atoms with Crippen molar-refractivity contribution in [1.82, 2.24) is 5.32 Å². The Bertz CT molecular complexity index is 357. The fourth-order valence-corrected chi connectivity index (χ4v) is 2.30. The van der Waals surface area contributed by atoms with E-state index in [0.717, 1.165) is 21.2 Å². The summed E-state index contributed by atoms with van der Waals surface area (Å²) in [7, 11) is 1.93. The summed E-state index contributed by atoms with van der Waals surface area (Å²) in [5.41, 5.74) is 1.10. The van der Waals surface area contributed by atoms with Crippen molar-refractivity contribution in [2.75, 3.05) is 12.8 Å². The van der Waals surface area contributed by atoms with E-state index in [9.17, 15) is 0 Å². The van der Waals surface area contributed by atoms with Crippen LogP contribution in [0.1, 0.15) is 18.9 Å². The molecule has 1 aromatic carbocycles. The molecule has 3 heteroatoms. The summed E-state index contributed by atoms with van der Waals surface area (Å²) in [6.45, 7) is 2.18. The molecule has 0 amide bonds. The van der Waals surface area contributed by atoms with E-state index in [1.807, 2.05) is 55.2 Å². The first-order chi connectivity index (χ1) is 7.77. The molecule has 0 heterocycles. The van der Waals surface area contributed by atoms with E-state index in [1.165, 1.54) is 6.42 Å². The van der Waals surface area contributed by atoms with Gasteiger partial charge in [0.15, 0.2) is 0 Å². The molecule has 16 heavy (non-hydrogen) atoms. The lowest BCUT2D eigenvalue weighted by molar-refractivity contribution is 1.07. The lowest BCUT2D eigenvalue weighted by atomic mass is 10.1. The summed E-state index contributed by atoms with van der Waals surface area (Å²) in [4.78, 5) is 0.883. The van der Waals surface area contributed by atoms with E-state index in [1.54, 1.807) is 0 Å². The van der Waals surface area contributed by atoms with E-state index in [0.29, 0.717) is 0 Å². The SMILES string of the molecule is CCCS/C(=C/C(=S)c1ccccc1)NC. The van der Waals surface area contributed by atoms with Crippen molar-refractivity contribution in [3.8, 4) is 0 Å². The van der Waals surface area contributed by atoms with Crippen LogP contribution in [0.3, 0.4) is 0 Å². The highest BCUT2D eigenvalue weighted by atomic mass is 32.2. The second-order valence-electron chi connectivity index (χ2n) is 3.34. The van der Waals surface area contributed by atoms with Gasteiger partial charge in [0.2, 0.25) is 0 Å². The summed E-state index contributed by atoms with van der Waals surface area (Å²) in [6.07, 6.45) is 3.20. The third-order valence-electron chi connectivity index (χ3n) is 2.03. The molecule has 0 bridgehead atoms. The number of hydrogen-bond donors (Lipinski definition) is 1. The van der Waals surface area contributed by atoms with Gasteiger partial charge < -0.3 is 5.32 Å². The van der Waals surface area contributed by atoms with E-state index < -0.39 is 0 Å². The van der Waals surface area contributed by atoms with Crippen molar-refractivity contribution in [2.45, 2.75) is 13.3 Å². The Labute approximate surface area is 107 Å². The Morgan fingerprint density at radius 1 is 1.38 bits per heavy atom. The number of benzene rings is 1. The van der Waals surface area contributed by atoms with Crippen LogP contribution in [0.4, 0.5) is 0 Å². The van der Waals surface area contributed by atoms with Gasteiger partial charge in [0.1, 0.15) is 0 Å². The Morgan fingerprint density at radius 2 is 2.06 bits per heavy atom. The lowest BCUT2D eigenvalue weighted by Crippen LogP contribution is -2.06. The molecule has 0 aliphatic rings. The minimum Gasteiger partial charge on any atom is -0.383 e. The van der Waals surface area contributed by atoms with Gasteiger partial charge >= 0.3 is 0 Å². The number of allylic oxidation sites excluding steroid dienone is 1. The van der Waals surface area contributed by atoms with Crippen molar-refractivity contribution in [3.63, 3.8) is 0 Å². The van der Waals surface area contributed by atoms with E-state index in [-0.39, 0.29) is 0 Å². The highest BCUT2D eigenvalue weighted by molar-refractivity contribution is 8.03. The molecule has 1 N–H and O–H groups in total. The van der Waals surface area contributed by atoms with E-state index >= 15 is 0 Å². The predicted molar refractivity (Wildman–Crippen MR) is 78.0 cm³/mol. The molecular formula is C13H17NS2. The Morgan fingerprint density at radius 3 is 2.62 bits per heavy atom. The molecule has 0 aromatic heterocycles. The molecule has 0 spiro atoms. The quantitative estimate of drug-likeness (QED) is 0.471. The normalized spacial score (nSPS) is 11.2. The molecule has 1 aromatic rings. The topological polar surface area (TPSA) is 12.0 Å². The van der Waals surface area contributed by atoms with Crippen molar-refractivity contribution >= 4 is 28.8 Å². The first-order valence-corrected chi connectivity index (χ1v) is 6.79. The van der Waals surface area contributed by atoms with Crippen LogP contribution in [0.15, 0.2) is 41.4 Å². The van der Waals surface area contributed by atoms with Crippen molar-refractivity contribution in [3.05, 3.63) is 47.0 Å². The van der Waals surface area contributed by atoms with Gasteiger partial charge in [0.25, 0.3) is 0 Å². The fourth-order valence-electron chi connectivity index (χ4n) is 1.20. The Kier molecular flexibility index (Phi) is 6.19. The van der Waals surface area contributed by atoms with E-state index in [2.05, 4.69) is 12.2 Å². The van der Waals surface area contributed by atoms with Crippen LogP contribution in [0.2, 0.25) is 0 Å². The molecule has 0 saturated carbocycles. The zero-order valence-electron chi connectivity index (χ0n) is 9.69. The average Bonchev–Trinajstić information content (AvgIpc) is 2.35. The van der Waals surface area contributed by atoms with Gasteiger partial charge in [-0.3, -0.25) is 0 Å². The molecule has 1 rings (SSSR count). The summed E-state index contributed by atoms with van der Waals surface area (Å²) in [6, 6.07) is 10.1. The van der Waals surface area contributed by atoms with Gasteiger partial charge in [0.05, 0.1) is 5.03 Å². The molecule has 86 valence electrons. The number of nitrogens with one attached hydrogen (secondary N) is 1. The standard InChI is InChI=1S/C13H17NS2/c1-3-9-16-13(14-2)10-12(15)11-7-5-4-6-8-11/h4-8,10,14H,3,9H2,1-2H3/b13-10+. The second-order valence-corrected chi connectivity index (χ2v) is 4.91. The van der Waals surface area contributed by atoms with Gasteiger partial charge in [-0.25, -0.2) is 0 Å². The van der Waals surface area contributed by atoms with E-state index in [4.69, 9.17) is 12.2 Å². The van der Waals surface area contributed by atoms with Gasteiger partial charge in [0, 0.05) is 11.9 Å². The third-order valence-corrected chi connectivity index (χ3v) is 3.63. The van der Waals surface area contributed by atoms with Crippen LogP contribution in [0.25, 0.3) is 0 Å². The first-order valence-electron chi connectivity index (χ1n) is 5.39. The van der Waals surface area contributed by atoms with Crippen LogP contribution in [-0.2, 0) is 0 Å². The number of rotatable bonds is 6. The van der Waals surface area contributed by atoms with Crippen LogP contribution >= 0.6 is 24.0 Å². The molecule has 0 fully saturated rings. The summed E-state index contributed by atoms with van der Waals surface area (Å²) in [5.74, 6) is 1.12. The van der Waals surface area contributed by atoms with Crippen LogP contribution < -0.4 is 5.32 Å². The summed E-state index contributed by atoms with van der Waals surface area (Å²) >= 11 is 7.19. The maximum atomic E-state index is 5.38. The Balaban J connectivity index is 2.70. The zero-order chi connectivity index (χ0) is 11.8. The molecule has 0 aliphatic heterocycles. The molecule has 0 atom stereocenters. The minimum absolute atomic E-state index is 0.883. The van der Waals surface area contributed by atoms with Gasteiger partial charge in [-0.15, -0.1) is 11.8 Å². The van der Waals surface area contributed by atoms with Crippen LogP contribution in [-0.4, -0.2) is 17.7 Å². The zero-order valence-corrected chi connectivity index (χ0v) is 11.3. The number of hydrogen-bond acceptors (Lipinski definition) is 3. The maximum Gasteiger partial charge on any atom is 0.0693 e. The molecule has 1 nitrogen and oxygen atoms in total. The van der Waals surface area contributed by atoms with Crippen molar-refractivity contribution in [2.24, 2.45) is 0 Å². The molecule has 0 saturated heterocycles. The van der Waals surface area contributed by atoms with Crippen molar-refractivity contribution < 1.29 is 0 Å².